The van der Waals surface area contributed by atoms with Crippen molar-refractivity contribution in [1.29, 1.82) is 0 Å². The van der Waals surface area contributed by atoms with Crippen LogP contribution in [0.4, 0.5) is 0 Å². The molecule has 0 saturated carbocycles. The van der Waals surface area contributed by atoms with E-state index in [0.29, 0.717) is 31.3 Å². The van der Waals surface area contributed by atoms with Crippen molar-refractivity contribution < 1.29 is 13.2 Å². The van der Waals surface area contributed by atoms with E-state index in [1.54, 1.807) is 19.2 Å². The van der Waals surface area contributed by atoms with Crippen molar-refractivity contribution >= 4 is 21.6 Å². The molecule has 5 nitrogen and oxygen atoms in total. The fourth-order valence-electron chi connectivity index (χ4n) is 2.01. The lowest BCUT2D eigenvalue weighted by molar-refractivity contribution is 0.0368. The number of nitrogens with zero attached hydrogens (tertiary/aromatic N) is 2. The van der Waals surface area contributed by atoms with Crippen LogP contribution in [0.3, 0.4) is 0 Å². The Kier molecular flexibility index (Phi) is 5.40. The summed E-state index contributed by atoms with van der Waals surface area (Å²) in [7, 11) is -1.84. The highest BCUT2D eigenvalue weighted by Crippen LogP contribution is 2.17. The third-order valence-electron chi connectivity index (χ3n) is 3.36. The van der Waals surface area contributed by atoms with E-state index in [4.69, 9.17) is 16.3 Å². The molecule has 0 N–H and O–H groups in total. The van der Waals surface area contributed by atoms with Crippen LogP contribution in [-0.4, -0.2) is 64.1 Å². The maximum absolute atomic E-state index is 12.4. The average molecular weight is 319 g/mol. The predicted molar refractivity (Wildman–Crippen MR) is 78.5 cm³/mol. The Morgan fingerprint density at radius 3 is 2.45 bits per heavy atom. The first-order chi connectivity index (χ1) is 9.50. The highest BCUT2D eigenvalue weighted by Gasteiger charge is 2.21. The van der Waals surface area contributed by atoms with E-state index in [9.17, 15) is 8.42 Å². The summed E-state index contributed by atoms with van der Waals surface area (Å²) in [5.41, 5.74) is 0. The molecule has 112 valence electrons. The lowest BCUT2D eigenvalue weighted by Crippen LogP contribution is -2.41. The van der Waals surface area contributed by atoms with Crippen LogP contribution in [0, 0.1) is 0 Å². The van der Waals surface area contributed by atoms with Gasteiger partial charge in [-0.05, 0) is 24.3 Å². The number of benzene rings is 1. The van der Waals surface area contributed by atoms with Crippen molar-refractivity contribution in [2.75, 3.05) is 46.4 Å². The van der Waals surface area contributed by atoms with Gasteiger partial charge in [-0.25, -0.2) is 8.42 Å². The van der Waals surface area contributed by atoms with Crippen LogP contribution in [0.5, 0.6) is 0 Å². The van der Waals surface area contributed by atoms with Gasteiger partial charge in [-0.1, -0.05) is 11.6 Å². The molecule has 0 atom stereocenters. The first-order valence-electron chi connectivity index (χ1n) is 6.52. The topological polar surface area (TPSA) is 49.9 Å². The van der Waals surface area contributed by atoms with Crippen molar-refractivity contribution in [2.45, 2.75) is 4.90 Å². The second-order valence-electron chi connectivity index (χ2n) is 4.73. The Labute approximate surface area is 125 Å². The maximum Gasteiger partial charge on any atom is 0.242 e. The predicted octanol–water partition coefficient (Wildman–Crippen LogP) is 1.29. The first-order valence-corrected chi connectivity index (χ1v) is 8.34. The molecule has 20 heavy (non-hydrogen) atoms. The minimum atomic E-state index is -3.44. The zero-order valence-electron chi connectivity index (χ0n) is 11.5. The van der Waals surface area contributed by atoms with Crippen LogP contribution in [0.1, 0.15) is 0 Å². The summed E-state index contributed by atoms with van der Waals surface area (Å²) in [5, 5.41) is 0.528. The summed E-state index contributed by atoms with van der Waals surface area (Å²) in [5.74, 6) is 0. The normalized spacial score (nSPS) is 17.6. The molecule has 1 saturated heterocycles. The quantitative estimate of drug-likeness (QED) is 0.821. The Balaban J connectivity index is 1.96. The van der Waals surface area contributed by atoms with Crippen molar-refractivity contribution in [3.8, 4) is 0 Å². The van der Waals surface area contributed by atoms with Gasteiger partial charge in [-0.3, -0.25) is 4.90 Å². The molecule has 1 heterocycles. The molecular formula is C13H19ClN2O3S. The van der Waals surface area contributed by atoms with Crippen LogP contribution in [0.15, 0.2) is 29.2 Å². The smallest absolute Gasteiger partial charge is 0.242 e. The van der Waals surface area contributed by atoms with Gasteiger partial charge in [0.15, 0.2) is 0 Å². The van der Waals surface area contributed by atoms with Crippen LogP contribution in [-0.2, 0) is 14.8 Å². The minimum Gasteiger partial charge on any atom is -0.379 e. The standard InChI is InChI=1S/C13H19ClN2O3S/c1-15(6-7-16-8-10-19-11-9-16)20(17,18)13-4-2-12(14)3-5-13/h2-5H,6-11H2,1H3. The number of ether oxygens (including phenoxy) is 1. The number of likely N-dealkylation sites (N-methyl/N-ethyl adjacent to an activating group) is 1. The van der Waals surface area contributed by atoms with Crippen LogP contribution in [0.2, 0.25) is 5.02 Å². The lowest BCUT2D eigenvalue weighted by atomic mass is 10.4. The second-order valence-corrected chi connectivity index (χ2v) is 7.22. The molecule has 0 aliphatic carbocycles. The van der Waals surface area contributed by atoms with Gasteiger partial charge in [0.1, 0.15) is 0 Å². The molecule has 2 rings (SSSR count). The zero-order chi connectivity index (χ0) is 14.6. The molecule has 0 radical (unpaired) electrons. The highest BCUT2D eigenvalue weighted by atomic mass is 35.5. The monoisotopic (exact) mass is 318 g/mol. The van der Waals surface area contributed by atoms with Crippen molar-refractivity contribution in [3.05, 3.63) is 29.3 Å². The molecule has 1 aromatic carbocycles. The summed E-state index contributed by atoms with van der Waals surface area (Å²) in [6.07, 6.45) is 0. The summed E-state index contributed by atoms with van der Waals surface area (Å²) in [4.78, 5) is 2.48. The third kappa shape index (κ3) is 3.93. The van der Waals surface area contributed by atoms with Gasteiger partial charge in [0, 0.05) is 38.2 Å². The molecule has 0 spiro atoms. The Morgan fingerprint density at radius 1 is 1.25 bits per heavy atom. The van der Waals surface area contributed by atoms with Gasteiger partial charge < -0.3 is 4.74 Å². The largest absolute Gasteiger partial charge is 0.379 e. The molecule has 1 fully saturated rings. The fourth-order valence-corrected chi connectivity index (χ4v) is 3.30. The molecule has 1 aromatic rings. The summed E-state index contributed by atoms with van der Waals surface area (Å²) in [6.45, 7) is 4.32. The Bertz CT molecular complexity index is 527. The van der Waals surface area contributed by atoms with Crippen LogP contribution < -0.4 is 0 Å². The number of hydrogen-bond donors (Lipinski definition) is 0. The second kappa shape index (κ2) is 6.87. The average Bonchev–Trinajstić information content (AvgIpc) is 2.46. The summed E-state index contributed by atoms with van der Waals surface area (Å²) < 4.78 is 31.4. The first kappa shape index (κ1) is 15.7. The van der Waals surface area contributed by atoms with E-state index in [-0.39, 0.29) is 4.90 Å². The maximum atomic E-state index is 12.4. The van der Waals surface area contributed by atoms with E-state index < -0.39 is 10.0 Å². The van der Waals surface area contributed by atoms with Crippen molar-refractivity contribution in [1.82, 2.24) is 9.21 Å². The Morgan fingerprint density at radius 2 is 1.85 bits per heavy atom. The molecule has 0 unspecified atom stereocenters. The third-order valence-corrected chi connectivity index (χ3v) is 5.48. The molecule has 0 amide bonds. The van der Waals surface area contributed by atoms with Gasteiger partial charge in [-0.15, -0.1) is 0 Å². The van der Waals surface area contributed by atoms with E-state index in [1.165, 1.54) is 16.4 Å². The molecule has 1 aliphatic heterocycles. The van der Waals surface area contributed by atoms with Gasteiger partial charge in [0.25, 0.3) is 0 Å². The number of morpholine rings is 1. The zero-order valence-corrected chi connectivity index (χ0v) is 13.0. The van der Waals surface area contributed by atoms with Gasteiger partial charge >= 0.3 is 0 Å². The number of sulfonamides is 1. The number of halogens is 1. The van der Waals surface area contributed by atoms with E-state index >= 15 is 0 Å². The van der Waals surface area contributed by atoms with Crippen molar-refractivity contribution in [2.24, 2.45) is 0 Å². The Hall–Kier alpha value is -0.660. The number of hydrogen-bond acceptors (Lipinski definition) is 4. The molecule has 7 heteroatoms. The van der Waals surface area contributed by atoms with Crippen molar-refractivity contribution in [3.63, 3.8) is 0 Å². The van der Waals surface area contributed by atoms with Gasteiger partial charge in [-0.2, -0.15) is 4.31 Å². The minimum absolute atomic E-state index is 0.270. The molecule has 1 aliphatic rings. The highest BCUT2D eigenvalue weighted by molar-refractivity contribution is 7.89. The molecule has 0 bridgehead atoms. The van der Waals surface area contributed by atoms with Gasteiger partial charge in [0.05, 0.1) is 18.1 Å². The van der Waals surface area contributed by atoms with Gasteiger partial charge in [0.2, 0.25) is 10.0 Å². The SMILES string of the molecule is CN(CCN1CCOCC1)S(=O)(=O)c1ccc(Cl)cc1. The lowest BCUT2D eigenvalue weighted by Gasteiger charge is -2.28. The summed E-state index contributed by atoms with van der Waals surface area (Å²) >= 11 is 5.78. The van der Waals surface area contributed by atoms with Crippen LogP contribution >= 0.6 is 11.6 Å². The van der Waals surface area contributed by atoms with E-state index in [0.717, 1.165) is 13.1 Å². The van der Waals surface area contributed by atoms with E-state index in [2.05, 4.69) is 4.90 Å². The molecule has 0 aromatic heterocycles. The fraction of sp³-hybridized carbons (Fsp3) is 0.538. The van der Waals surface area contributed by atoms with E-state index in [1.807, 2.05) is 0 Å². The number of rotatable bonds is 5. The van der Waals surface area contributed by atoms with Crippen LogP contribution in [0.25, 0.3) is 0 Å². The summed E-state index contributed by atoms with van der Waals surface area (Å²) in [6, 6.07) is 6.24. The molecular weight excluding hydrogens is 300 g/mol.